The van der Waals surface area contributed by atoms with Crippen LogP contribution in [-0.4, -0.2) is 62.0 Å². The number of anilines is 1. The van der Waals surface area contributed by atoms with Crippen LogP contribution in [0.15, 0.2) is 43.1 Å². The van der Waals surface area contributed by atoms with Crippen LogP contribution in [0.2, 0.25) is 0 Å². The van der Waals surface area contributed by atoms with E-state index in [2.05, 4.69) is 25.9 Å². The first-order chi connectivity index (χ1) is 16.9. The van der Waals surface area contributed by atoms with Gasteiger partial charge in [0.2, 0.25) is 0 Å². The molecule has 1 aliphatic rings. The average Bonchev–Trinajstić information content (AvgIpc) is 3.29. The zero-order chi connectivity index (χ0) is 24.9. The molecule has 1 unspecified atom stereocenters. The van der Waals surface area contributed by atoms with Gasteiger partial charge in [0.05, 0.1) is 24.7 Å². The van der Waals surface area contributed by atoms with Gasteiger partial charge in [-0.25, -0.2) is 9.37 Å². The Labute approximate surface area is 201 Å². The Balaban J connectivity index is 1.39. The second-order valence-corrected chi connectivity index (χ2v) is 7.87. The number of nitrogens with one attached hydrogen (secondary N) is 2. The maximum Gasteiger partial charge on any atom is 0.260 e. The predicted octanol–water partition coefficient (Wildman–Crippen LogP) is 1.85. The van der Waals surface area contributed by atoms with Gasteiger partial charge < -0.3 is 19.5 Å². The number of nitrogens with zero attached hydrogens (tertiary/aromatic N) is 5. The summed E-state index contributed by atoms with van der Waals surface area (Å²) in [5.74, 6) is -0.807. The lowest BCUT2D eigenvalue weighted by Gasteiger charge is -2.34. The quantitative estimate of drug-likeness (QED) is 0.309. The molecule has 4 rings (SSSR count). The van der Waals surface area contributed by atoms with Gasteiger partial charge in [-0.3, -0.25) is 25.3 Å². The molecule has 2 atom stereocenters. The highest BCUT2D eigenvalue weighted by molar-refractivity contribution is 5.83. The van der Waals surface area contributed by atoms with E-state index in [1.165, 1.54) is 17.2 Å². The van der Waals surface area contributed by atoms with Crippen LogP contribution in [0.5, 0.6) is 5.75 Å². The number of carbonyl (C=O) groups is 1. The number of aliphatic hydroxyl groups is 1. The highest BCUT2D eigenvalue weighted by Crippen LogP contribution is 2.31. The summed E-state index contributed by atoms with van der Waals surface area (Å²) in [6, 6.07) is 2.16. The first-order valence-electron chi connectivity index (χ1n) is 10.8. The molecule has 1 aliphatic heterocycles. The minimum Gasteiger partial charge on any atom is -0.490 e. The van der Waals surface area contributed by atoms with Gasteiger partial charge in [0.15, 0.2) is 17.9 Å². The zero-order valence-corrected chi connectivity index (χ0v) is 19.5. The fraction of sp³-hybridized carbons (Fsp3) is 0.304. The third-order valence-electron chi connectivity index (χ3n) is 5.46. The number of ether oxygens (including phenoxy) is 2. The lowest BCUT2D eigenvalue weighted by Crippen LogP contribution is -2.47. The number of aliphatic hydroxyl groups excluding tert-OH is 1. The number of hydrogen-bond acceptors (Lipinski definition) is 9. The minimum atomic E-state index is -1.14. The lowest BCUT2D eigenvalue weighted by atomic mass is 10.1. The number of aromatic nitrogens is 4. The Kier molecular flexibility index (Phi) is 7.22. The molecule has 12 heteroatoms. The minimum absolute atomic E-state index is 0.139. The smallest absolute Gasteiger partial charge is 0.260 e. The summed E-state index contributed by atoms with van der Waals surface area (Å²) in [6.45, 7) is 2.36. The highest BCUT2D eigenvalue weighted by Gasteiger charge is 2.30. The van der Waals surface area contributed by atoms with Crippen molar-refractivity contribution in [3.05, 3.63) is 60.2 Å². The van der Waals surface area contributed by atoms with Gasteiger partial charge in [-0.05, 0) is 25.1 Å². The van der Waals surface area contributed by atoms with Crippen LogP contribution in [0.4, 0.5) is 10.2 Å². The Hall–Kier alpha value is -4.03. The SMILES string of the molecule is COCCOc1cnc2c(c1)C(O)N([C@H](C)C(=O)NNc1ncc(-c3cnn(C)c3)cc1F)C=C2. The standard InChI is InChI=1S/C23H26FN7O4/c1-14(31-5-4-20-18(23(31)33)9-17(12-25-20)35-7-6-34-3)22(32)29-28-21-19(24)8-15(10-26-21)16-11-27-30(2)13-16/h4-5,8-14,23,33H,6-7H2,1-3H3,(H,26,28)(H,29,32)/t14-,23?/m1/s1. The summed E-state index contributed by atoms with van der Waals surface area (Å²) in [6.07, 6.45) is 8.52. The van der Waals surface area contributed by atoms with Crippen molar-refractivity contribution in [3.8, 4) is 16.9 Å². The van der Waals surface area contributed by atoms with E-state index in [0.717, 1.165) is 5.56 Å². The van der Waals surface area contributed by atoms with Gasteiger partial charge in [-0.15, -0.1) is 0 Å². The van der Waals surface area contributed by atoms with Gasteiger partial charge in [0, 0.05) is 49.4 Å². The molecule has 0 aliphatic carbocycles. The summed E-state index contributed by atoms with van der Waals surface area (Å²) < 4.78 is 26.7. The van der Waals surface area contributed by atoms with Crippen LogP contribution < -0.4 is 15.6 Å². The van der Waals surface area contributed by atoms with Crippen molar-refractivity contribution in [3.63, 3.8) is 0 Å². The van der Waals surface area contributed by atoms with Crippen molar-refractivity contribution in [2.75, 3.05) is 25.7 Å². The maximum atomic E-state index is 14.5. The highest BCUT2D eigenvalue weighted by atomic mass is 19.1. The molecular formula is C23H26FN7O4. The van der Waals surface area contributed by atoms with Crippen molar-refractivity contribution in [2.24, 2.45) is 7.05 Å². The van der Waals surface area contributed by atoms with Crippen LogP contribution in [-0.2, 0) is 16.6 Å². The molecule has 0 radical (unpaired) electrons. The molecule has 11 nitrogen and oxygen atoms in total. The van der Waals surface area contributed by atoms with Crippen molar-refractivity contribution in [1.29, 1.82) is 0 Å². The summed E-state index contributed by atoms with van der Waals surface area (Å²) in [7, 11) is 3.34. The monoisotopic (exact) mass is 483 g/mol. The summed E-state index contributed by atoms with van der Waals surface area (Å²) in [5.41, 5.74) is 7.28. The third kappa shape index (κ3) is 5.39. The topological polar surface area (TPSA) is 127 Å². The molecular weight excluding hydrogens is 457 g/mol. The number of fused-ring (bicyclic) bond motifs is 1. The largest absolute Gasteiger partial charge is 0.490 e. The normalized spacial score (nSPS) is 15.5. The van der Waals surface area contributed by atoms with Crippen LogP contribution in [0.3, 0.4) is 0 Å². The number of methoxy groups -OCH3 is 1. The van der Waals surface area contributed by atoms with Gasteiger partial charge in [0.25, 0.3) is 5.91 Å². The lowest BCUT2D eigenvalue weighted by molar-refractivity contribution is -0.128. The molecule has 0 saturated heterocycles. The van der Waals surface area contributed by atoms with E-state index in [4.69, 9.17) is 9.47 Å². The van der Waals surface area contributed by atoms with E-state index >= 15 is 0 Å². The van der Waals surface area contributed by atoms with E-state index in [1.807, 2.05) is 0 Å². The van der Waals surface area contributed by atoms with Gasteiger partial charge in [-0.2, -0.15) is 5.10 Å². The second kappa shape index (κ2) is 10.5. The molecule has 0 bridgehead atoms. The maximum absolute atomic E-state index is 14.5. The number of halogens is 1. The fourth-order valence-corrected chi connectivity index (χ4v) is 3.50. The number of rotatable bonds is 9. The molecule has 3 aromatic heterocycles. The Morgan fingerprint density at radius 2 is 2.06 bits per heavy atom. The molecule has 184 valence electrons. The predicted molar refractivity (Wildman–Crippen MR) is 125 cm³/mol. The second-order valence-electron chi connectivity index (χ2n) is 7.87. The van der Waals surface area contributed by atoms with Gasteiger partial charge in [0.1, 0.15) is 18.4 Å². The van der Waals surface area contributed by atoms with Crippen LogP contribution in [0.1, 0.15) is 24.4 Å². The van der Waals surface area contributed by atoms with Crippen molar-refractivity contribution < 1.29 is 23.8 Å². The van der Waals surface area contributed by atoms with Gasteiger partial charge >= 0.3 is 0 Å². The van der Waals surface area contributed by atoms with E-state index < -0.39 is 24.0 Å². The van der Waals surface area contributed by atoms with E-state index in [-0.39, 0.29) is 5.82 Å². The number of pyridine rings is 2. The number of hydrazine groups is 1. The van der Waals surface area contributed by atoms with Crippen LogP contribution in [0.25, 0.3) is 17.2 Å². The van der Waals surface area contributed by atoms with Crippen LogP contribution >= 0.6 is 0 Å². The van der Waals surface area contributed by atoms with Gasteiger partial charge in [-0.1, -0.05) is 0 Å². The number of hydrogen-bond donors (Lipinski definition) is 3. The zero-order valence-electron chi connectivity index (χ0n) is 19.5. The number of aryl methyl sites for hydroxylation is 1. The molecule has 4 heterocycles. The molecule has 0 aromatic carbocycles. The van der Waals surface area contributed by atoms with E-state index in [1.54, 1.807) is 62.7 Å². The van der Waals surface area contributed by atoms with Crippen molar-refractivity contribution in [1.82, 2.24) is 30.1 Å². The Bertz CT molecular complexity index is 1230. The van der Waals surface area contributed by atoms with E-state index in [0.29, 0.717) is 35.8 Å². The molecule has 0 spiro atoms. The molecule has 3 aromatic rings. The van der Waals surface area contributed by atoms with Crippen molar-refractivity contribution >= 4 is 17.8 Å². The Morgan fingerprint density at radius 3 is 2.77 bits per heavy atom. The summed E-state index contributed by atoms with van der Waals surface area (Å²) in [5, 5.41) is 14.9. The first kappa shape index (κ1) is 24.1. The average molecular weight is 484 g/mol. The molecule has 3 N–H and O–H groups in total. The molecule has 0 saturated carbocycles. The molecule has 0 fully saturated rings. The fourth-order valence-electron chi connectivity index (χ4n) is 3.50. The molecule has 1 amide bonds. The number of carbonyl (C=O) groups excluding carboxylic acids is 1. The summed E-state index contributed by atoms with van der Waals surface area (Å²) in [4.78, 5) is 22.5. The molecule has 35 heavy (non-hydrogen) atoms. The first-order valence-corrected chi connectivity index (χ1v) is 10.8. The van der Waals surface area contributed by atoms with Crippen LogP contribution in [0, 0.1) is 5.82 Å². The van der Waals surface area contributed by atoms with E-state index in [9.17, 15) is 14.3 Å². The number of amides is 1. The third-order valence-corrected chi connectivity index (χ3v) is 5.46. The Morgan fingerprint density at radius 1 is 1.23 bits per heavy atom. The summed E-state index contributed by atoms with van der Waals surface area (Å²) >= 11 is 0. The van der Waals surface area contributed by atoms with Crippen molar-refractivity contribution in [2.45, 2.75) is 19.2 Å².